The average Bonchev–Trinajstić information content (AvgIpc) is 2.49. The van der Waals surface area contributed by atoms with E-state index in [1.54, 1.807) is 6.92 Å². The van der Waals surface area contributed by atoms with Gasteiger partial charge in [0.25, 0.3) is 0 Å². The lowest BCUT2D eigenvalue weighted by Crippen LogP contribution is -2.47. The number of terminal acetylenes is 1. The molecular formula is C17H22ClNO2. The van der Waals surface area contributed by atoms with E-state index in [-0.39, 0.29) is 12.5 Å². The molecule has 1 aliphatic rings. The summed E-state index contributed by atoms with van der Waals surface area (Å²) < 4.78 is 0. The molecule has 0 unspecified atom stereocenters. The number of benzene rings is 1. The Bertz CT molecular complexity index is 536. The van der Waals surface area contributed by atoms with Crippen LogP contribution < -0.4 is 0 Å². The van der Waals surface area contributed by atoms with Crippen LogP contribution >= 0.6 is 11.6 Å². The van der Waals surface area contributed by atoms with Crippen LogP contribution in [0.4, 0.5) is 0 Å². The van der Waals surface area contributed by atoms with Crippen LogP contribution in [0.25, 0.3) is 0 Å². The highest BCUT2D eigenvalue weighted by Gasteiger charge is 2.34. The van der Waals surface area contributed by atoms with E-state index in [1.807, 2.05) is 18.2 Å². The van der Waals surface area contributed by atoms with Crippen molar-refractivity contribution in [3.8, 4) is 12.3 Å². The van der Waals surface area contributed by atoms with Crippen molar-refractivity contribution in [2.45, 2.75) is 31.9 Å². The molecule has 0 bridgehead atoms. The standard InChI is InChI=1S/C17H22ClNO2/c1-3-13-6-7-14(16(18)9-13)10-19-8-4-5-15(11-19)17(2,21)12-20/h1,6-7,9,15,20-21H,4-5,8,10-12H2,2H3/t15-,17+/m0/s1. The number of halogens is 1. The van der Waals surface area contributed by atoms with Crippen molar-refractivity contribution in [2.24, 2.45) is 5.92 Å². The molecule has 1 fully saturated rings. The Morgan fingerprint density at radius 3 is 2.90 bits per heavy atom. The summed E-state index contributed by atoms with van der Waals surface area (Å²) in [5, 5.41) is 20.2. The van der Waals surface area contributed by atoms with E-state index in [1.165, 1.54) is 0 Å². The molecular weight excluding hydrogens is 286 g/mol. The maximum absolute atomic E-state index is 10.2. The van der Waals surface area contributed by atoms with Crippen molar-refractivity contribution in [1.82, 2.24) is 4.90 Å². The second-order valence-electron chi connectivity index (χ2n) is 6.04. The lowest BCUT2D eigenvalue weighted by atomic mass is 9.83. The highest BCUT2D eigenvalue weighted by atomic mass is 35.5. The van der Waals surface area contributed by atoms with Crippen molar-refractivity contribution in [3.05, 3.63) is 34.3 Å². The van der Waals surface area contributed by atoms with Gasteiger partial charge in [-0.2, -0.15) is 0 Å². The normalized spacial score (nSPS) is 22.5. The van der Waals surface area contributed by atoms with Crippen LogP contribution in [0, 0.1) is 18.3 Å². The summed E-state index contributed by atoms with van der Waals surface area (Å²) in [7, 11) is 0. The van der Waals surface area contributed by atoms with Crippen LogP contribution in [-0.4, -0.2) is 40.4 Å². The van der Waals surface area contributed by atoms with Crippen molar-refractivity contribution in [1.29, 1.82) is 0 Å². The molecule has 1 saturated heterocycles. The summed E-state index contributed by atoms with van der Waals surface area (Å²) in [5.74, 6) is 2.66. The minimum Gasteiger partial charge on any atom is -0.393 e. The molecule has 0 amide bonds. The van der Waals surface area contributed by atoms with Gasteiger partial charge in [0.2, 0.25) is 0 Å². The third-order valence-corrected chi connectivity index (χ3v) is 4.67. The molecule has 21 heavy (non-hydrogen) atoms. The Morgan fingerprint density at radius 2 is 2.29 bits per heavy atom. The Labute approximate surface area is 131 Å². The fourth-order valence-corrected chi connectivity index (χ4v) is 3.08. The quantitative estimate of drug-likeness (QED) is 0.839. The zero-order valence-electron chi connectivity index (χ0n) is 12.3. The summed E-state index contributed by atoms with van der Waals surface area (Å²) in [6, 6.07) is 5.67. The Balaban J connectivity index is 2.05. The molecule has 2 rings (SSSR count). The predicted octanol–water partition coefficient (Wildman–Crippen LogP) is 2.28. The van der Waals surface area contributed by atoms with Crippen LogP contribution in [-0.2, 0) is 6.54 Å². The van der Waals surface area contributed by atoms with Gasteiger partial charge in [0.1, 0.15) is 0 Å². The zero-order valence-corrected chi connectivity index (χ0v) is 13.1. The van der Waals surface area contributed by atoms with Gasteiger partial charge in [0.05, 0.1) is 12.2 Å². The smallest absolute Gasteiger partial charge is 0.0889 e. The number of likely N-dealkylation sites (tertiary alicyclic amines) is 1. The zero-order chi connectivity index (χ0) is 15.5. The first-order chi connectivity index (χ1) is 9.96. The number of hydrogen-bond acceptors (Lipinski definition) is 3. The maximum atomic E-state index is 10.2. The van der Waals surface area contributed by atoms with Gasteiger partial charge < -0.3 is 10.2 Å². The summed E-state index contributed by atoms with van der Waals surface area (Å²) >= 11 is 6.27. The molecule has 1 aromatic rings. The topological polar surface area (TPSA) is 43.7 Å². The van der Waals surface area contributed by atoms with E-state index < -0.39 is 5.60 Å². The summed E-state index contributed by atoms with van der Waals surface area (Å²) in [6.45, 7) is 3.98. The van der Waals surface area contributed by atoms with Gasteiger partial charge in [0.15, 0.2) is 0 Å². The van der Waals surface area contributed by atoms with Crippen LogP contribution in [0.3, 0.4) is 0 Å². The van der Waals surface area contributed by atoms with E-state index in [4.69, 9.17) is 18.0 Å². The average molecular weight is 308 g/mol. The molecule has 1 aromatic carbocycles. The second kappa shape index (κ2) is 6.81. The van der Waals surface area contributed by atoms with Crippen LogP contribution in [0.5, 0.6) is 0 Å². The second-order valence-corrected chi connectivity index (χ2v) is 6.45. The fraction of sp³-hybridized carbons (Fsp3) is 0.529. The van der Waals surface area contributed by atoms with Gasteiger partial charge in [0, 0.05) is 29.6 Å². The number of rotatable bonds is 4. The lowest BCUT2D eigenvalue weighted by Gasteiger charge is -2.39. The molecule has 1 heterocycles. The minimum atomic E-state index is -1.02. The van der Waals surface area contributed by atoms with Gasteiger partial charge in [-0.3, -0.25) is 4.90 Å². The first-order valence-corrected chi connectivity index (χ1v) is 7.64. The van der Waals surface area contributed by atoms with E-state index in [0.29, 0.717) is 5.02 Å². The monoisotopic (exact) mass is 307 g/mol. The largest absolute Gasteiger partial charge is 0.393 e. The Kier molecular flexibility index (Phi) is 5.29. The molecule has 0 aromatic heterocycles. The highest BCUT2D eigenvalue weighted by molar-refractivity contribution is 6.31. The van der Waals surface area contributed by atoms with Crippen molar-refractivity contribution >= 4 is 11.6 Å². The molecule has 3 nitrogen and oxygen atoms in total. The molecule has 4 heteroatoms. The van der Waals surface area contributed by atoms with E-state index in [9.17, 15) is 10.2 Å². The highest BCUT2D eigenvalue weighted by Crippen LogP contribution is 2.29. The number of aliphatic hydroxyl groups is 2. The van der Waals surface area contributed by atoms with Crippen molar-refractivity contribution in [3.63, 3.8) is 0 Å². The Hall–Kier alpha value is -1.05. The Morgan fingerprint density at radius 1 is 1.52 bits per heavy atom. The van der Waals surface area contributed by atoms with E-state index in [2.05, 4.69) is 10.8 Å². The van der Waals surface area contributed by atoms with Crippen molar-refractivity contribution < 1.29 is 10.2 Å². The van der Waals surface area contributed by atoms with Gasteiger partial charge >= 0.3 is 0 Å². The first-order valence-electron chi connectivity index (χ1n) is 7.27. The summed E-state index contributed by atoms with van der Waals surface area (Å²) in [6.07, 6.45) is 7.32. The molecule has 0 aliphatic carbocycles. The maximum Gasteiger partial charge on any atom is 0.0889 e. The van der Waals surface area contributed by atoms with Gasteiger partial charge in [-0.1, -0.05) is 23.6 Å². The molecule has 0 saturated carbocycles. The molecule has 0 spiro atoms. The summed E-state index contributed by atoms with van der Waals surface area (Å²) in [4.78, 5) is 2.27. The first kappa shape index (κ1) is 16.3. The van der Waals surface area contributed by atoms with Crippen LogP contribution in [0.15, 0.2) is 18.2 Å². The van der Waals surface area contributed by atoms with Crippen molar-refractivity contribution in [2.75, 3.05) is 19.7 Å². The third kappa shape index (κ3) is 3.99. The number of nitrogens with zero attached hydrogens (tertiary/aromatic N) is 1. The lowest BCUT2D eigenvalue weighted by molar-refractivity contribution is -0.0697. The molecule has 114 valence electrons. The minimum absolute atomic E-state index is 0.0833. The van der Waals surface area contributed by atoms with Crippen LogP contribution in [0.2, 0.25) is 5.02 Å². The summed E-state index contributed by atoms with van der Waals surface area (Å²) in [5.41, 5.74) is 0.805. The number of hydrogen-bond donors (Lipinski definition) is 2. The van der Waals surface area contributed by atoms with E-state index >= 15 is 0 Å². The van der Waals surface area contributed by atoms with E-state index in [0.717, 1.165) is 43.6 Å². The van der Waals surface area contributed by atoms with Gasteiger partial charge in [-0.05, 0) is 44.0 Å². The van der Waals surface area contributed by atoms with Gasteiger partial charge in [-0.25, -0.2) is 0 Å². The van der Waals surface area contributed by atoms with Gasteiger partial charge in [-0.15, -0.1) is 6.42 Å². The molecule has 0 radical (unpaired) electrons. The third-order valence-electron chi connectivity index (χ3n) is 4.32. The SMILES string of the molecule is C#Cc1ccc(CN2CCC[C@H]([C@](C)(O)CO)C2)c(Cl)c1. The van der Waals surface area contributed by atoms with Crippen LogP contribution in [0.1, 0.15) is 30.9 Å². The fourth-order valence-electron chi connectivity index (χ4n) is 2.84. The number of aliphatic hydroxyl groups excluding tert-OH is 1. The molecule has 1 aliphatic heterocycles. The molecule has 2 atom stereocenters. The predicted molar refractivity (Wildman–Crippen MR) is 85.1 cm³/mol. The molecule has 2 N–H and O–H groups in total. The number of piperidine rings is 1.